The number of nitrogens with one attached hydrogen (secondary N) is 2. The topological polar surface area (TPSA) is 114 Å². The lowest BCUT2D eigenvalue weighted by Gasteiger charge is -2.09. The number of hydrogen-bond donors (Lipinski definition) is 2. The van der Waals surface area contributed by atoms with Crippen molar-refractivity contribution in [2.24, 2.45) is 0 Å². The number of thiazole rings is 1. The number of carbonyl (C=O) groups excluding carboxylic acids is 2. The molecule has 2 N–H and O–H groups in total. The molecule has 8 nitrogen and oxygen atoms in total. The van der Waals surface area contributed by atoms with E-state index in [-0.39, 0.29) is 27.2 Å². The van der Waals surface area contributed by atoms with Gasteiger partial charge in [0.15, 0.2) is 15.0 Å². The lowest BCUT2D eigenvalue weighted by Crippen LogP contribution is -2.27. The standard InChI is InChI=1S/C15H17N3O5S2/c1-3-16-8-12(19)23-11-7-5-4-6-10(11)14(20)18-15-17-9-13(24-15)25(2,21)22/h4-7,9,16H,3,8H2,1-2H3,(H,17,18,20). The first-order valence-corrected chi connectivity index (χ1v) is 9.99. The molecule has 10 heteroatoms. The summed E-state index contributed by atoms with van der Waals surface area (Å²) >= 11 is 0.845. The molecule has 0 bridgehead atoms. The highest BCUT2D eigenvalue weighted by Crippen LogP contribution is 2.25. The first-order valence-electron chi connectivity index (χ1n) is 7.29. The number of likely N-dealkylation sites (N-methyl/N-ethyl adjacent to an activating group) is 1. The van der Waals surface area contributed by atoms with Gasteiger partial charge in [0.05, 0.1) is 18.3 Å². The van der Waals surface area contributed by atoms with Gasteiger partial charge in [0.25, 0.3) is 5.91 Å². The molecule has 0 aliphatic heterocycles. The summed E-state index contributed by atoms with van der Waals surface area (Å²) in [5.74, 6) is -0.959. The first-order chi connectivity index (χ1) is 11.8. The number of sulfone groups is 1. The van der Waals surface area contributed by atoms with Crippen LogP contribution in [0.25, 0.3) is 0 Å². The molecule has 2 rings (SSSR count). The molecule has 1 aromatic carbocycles. The number of rotatable bonds is 7. The zero-order valence-corrected chi connectivity index (χ0v) is 15.2. The van der Waals surface area contributed by atoms with Gasteiger partial charge >= 0.3 is 5.97 Å². The highest BCUT2D eigenvalue weighted by atomic mass is 32.2. The van der Waals surface area contributed by atoms with Crippen LogP contribution in [0.5, 0.6) is 5.75 Å². The summed E-state index contributed by atoms with van der Waals surface area (Å²) in [6.45, 7) is 2.49. The average molecular weight is 383 g/mol. The van der Waals surface area contributed by atoms with Crippen molar-refractivity contribution < 1.29 is 22.7 Å². The average Bonchev–Trinajstić information content (AvgIpc) is 3.02. The fourth-order valence-electron chi connectivity index (χ4n) is 1.78. The van der Waals surface area contributed by atoms with Crippen LogP contribution in [0.15, 0.2) is 34.7 Å². The van der Waals surface area contributed by atoms with Gasteiger partial charge in [0, 0.05) is 6.26 Å². The molecule has 0 saturated carbocycles. The smallest absolute Gasteiger partial charge is 0.325 e. The van der Waals surface area contributed by atoms with Crippen molar-refractivity contribution in [2.75, 3.05) is 24.7 Å². The highest BCUT2D eigenvalue weighted by molar-refractivity contribution is 7.92. The number of aromatic nitrogens is 1. The number of ether oxygens (including phenoxy) is 1. The van der Waals surface area contributed by atoms with Gasteiger partial charge in [0.2, 0.25) is 0 Å². The van der Waals surface area contributed by atoms with Crippen LogP contribution in [0.3, 0.4) is 0 Å². The van der Waals surface area contributed by atoms with Crippen molar-refractivity contribution in [3.05, 3.63) is 36.0 Å². The predicted octanol–water partition coefficient (Wildman–Crippen LogP) is 1.31. The molecule has 1 amide bonds. The molecular weight excluding hydrogens is 366 g/mol. The predicted molar refractivity (Wildman–Crippen MR) is 93.8 cm³/mol. The van der Waals surface area contributed by atoms with Crippen molar-refractivity contribution in [1.82, 2.24) is 10.3 Å². The summed E-state index contributed by atoms with van der Waals surface area (Å²) < 4.78 is 28.2. The van der Waals surface area contributed by atoms with Gasteiger partial charge in [-0.2, -0.15) is 0 Å². The first kappa shape index (κ1) is 19.0. The van der Waals surface area contributed by atoms with E-state index in [2.05, 4.69) is 15.6 Å². The number of carbonyl (C=O) groups is 2. The van der Waals surface area contributed by atoms with Crippen LogP contribution < -0.4 is 15.4 Å². The zero-order chi connectivity index (χ0) is 18.4. The molecule has 1 aromatic heterocycles. The Hall–Kier alpha value is -2.30. The minimum absolute atomic E-state index is 0.0245. The number of hydrogen-bond acceptors (Lipinski definition) is 8. The van der Waals surface area contributed by atoms with Gasteiger partial charge in [0.1, 0.15) is 9.96 Å². The fraction of sp³-hybridized carbons (Fsp3) is 0.267. The Balaban J connectivity index is 2.14. The molecule has 0 atom stereocenters. The highest BCUT2D eigenvalue weighted by Gasteiger charge is 2.18. The molecular formula is C15H17N3O5S2. The van der Waals surface area contributed by atoms with E-state index >= 15 is 0 Å². The van der Waals surface area contributed by atoms with E-state index in [1.807, 2.05) is 6.92 Å². The summed E-state index contributed by atoms with van der Waals surface area (Å²) in [7, 11) is -3.39. The van der Waals surface area contributed by atoms with E-state index in [1.54, 1.807) is 12.1 Å². The lowest BCUT2D eigenvalue weighted by molar-refractivity contribution is -0.133. The minimum Gasteiger partial charge on any atom is -0.425 e. The Kier molecular flexibility index (Phi) is 6.23. The molecule has 0 radical (unpaired) electrons. The molecule has 0 saturated heterocycles. The summed E-state index contributed by atoms with van der Waals surface area (Å²) in [6.07, 6.45) is 2.24. The molecule has 2 aromatic rings. The van der Waals surface area contributed by atoms with Crippen LogP contribution in [0.4, 0.5) is 5.13 Å². The molecule has 25 heavy (non-hydrogen) atoms. The molecule has 134 valence electrons. The third-order valence-electron chi connectivity index (χ3n) is 2.95. The number of amides is 1. The Labute approximate surface area is 149 Å². The van der Waals surface area contributed by atoms with E-state index in [0.29, 0.717) is 6.54 Å². The fourth-order valence-corrected chi connectivity index (χ4v) is 3.41. The second-order valence-corrected chi connectivity index (χ2v) is 8.23. The molecule has 0 aliphatic rings. The minimum atomic E-state index is -3.39. The van der Waals surface area contributed by atoms with Crippen LogP contribution in [-0.2, 0) is 14.6 Å². The van der Waals surface area contributed by atoms with Gasteiger partial charge in [-0.25, -0.2) is 13.4 Å². The van der Waals surface area contributed by atoms with Crippen LogP contribution in [-0.4, -0.2) is 44.6 Å². The van der Waals surface area contributed by atoms with Crippen molar-refractivity contribution in [3.8, 4) is 5.75 Å². The molecule has 0 aliphatic carbocycles. The maximum atomic E-state index is 12.4. The number of benzene rings is 1. The molecule has 0 spiro atoms. The van der Waals surface area contributed by atoms with E-state index < -0.39 is 21.7 Å². The molecule has 0 unspecified atom stereocenters. The van der Waals surface area contributed by atoms with Crippen LogP contribution in [0.2, 0.25) is 0 Å². The quantitative estimate of drug-likeness (QED) is 0.547. The van der Waals surface area contributed by atoms with Gasteiger partial charge in [-0.05, 0) is 18.7 Å². The Bertz CT molecular complexity index is 877. The maximum Gasteiger partial charge on any atom is 0.325 e. The summed E-state index contributed by atoms with van der Waals surface area (Å²) in [4.78, 5) is 28.0. The number of esters is 1. The lowest BCUT2D eigenvalue weighted by atomic mass is 10.2. The normalized spacial score (nSPS) is 11.1. The summed E-state index contributed by atoms with van der Waals surface area (Å²) in [5.41, 5.74) is 0.142. The monoisotopic (exact) mass is 383 g/mol. The largest absolute Gasteiger partial charge is 0.425 e. The maximum absolute atomic E-state index is 12.4. The van der Waals surface area contributed by atoms with Crippen molar-refractivity contribution in [1.29, 1.82) is 0 Å². The summed E-state index contributed by atoms with van der Waals surface area (Å²) in [6, 6.07) is 6.26. The van der Waals surface area contributed by atoms with Crippen molar-refractivity contribution in [2.45, 2.75) is 11.1 Å². The zero-order valence-electron chi connectivity index (χ0n) is 13.6. The SMILES string of the molecule is CCNCC(=O)Oc1ccccc1C(=O)Nc1ncc(S(C)(=O)=O)s1. The van der Waals surface area contributed by atoms with E-state index in [9.17, 15) is 18.0 Å². The van der Waals surface area contributed by atoms with E-state index in [4.69, 9.17) is 4.74 Å². The Morgan fingerprint density at radius 2 is 2.00 bits per heavy atom. The second kappa shape index (κ2) is 8.19. The van der Waals surface area contributed by atoms with Gasteiger partial charge in [-0.1, -0.05) is 30.4 Å². The van der Waals surface area contributed by atoms with E-state index in [0.717, 1.165) is 17.6 Å². The van der Waals surface area contributed by atoms with E-state index in [1.165, 1.54) is 18.3 Å². The number of para-hydroxylation sites is 1. The van der Waals surface area contributed by atoms with Gasteiger partial charge in [-0.3, -0.25) is 14.9 Å². The van der Waals surface area contributed by atoms with Gasteiger partial charge < -0.3 is 10.1 Å². The third-order valence-corrected chi connectivity index (χ3v) is 5.65. The van der Waals surface area contributed by atoms with Crippen LogP contribution in [0.1, 0.15) is 17.3 Å². The Morgan fingerprint density at radius 1 is 1.28 bits per heavy atom. The second-order valence-electron chi connectivity index (χ2n) is 4.96. The summed E-state index contributed by atoms with van der Waals surface area (Å²) in [5, 5.41) is 5.48. The number of nitrogens with zero attached hydrogens (tertiary/aromatic N) is 1. The van der Waals surface area contributed by atoms with Gasteiger partial charge in [-0.15, -0.1) is 0 Å². The van der Waals surface area contributed by atoms with Crippen molar-refractivity contribution >= 4 is 38.2 Å². The molecule has 0 fully saturated rings. The number of anilines is 1. The Morgan fingerprint density at radius 3 is 2.64 bits per heavy atom. The molecule has 1 heterocycles. The van der Waals surface area contributed by atoms with Crippen LogP contribution in [0, 0.1) is 0 Å². The van der Waals surface area contributed by atoms with Crippen molar-refractivity contribution in [3.63, 3.8) is 0 Å². The third kappa shape index (κ3) is 5.34. The van der Waals surface area contributed by atoms with Crippen LogP contribution >= 0.6 is 11.3 Å².